The molecule has 0 amide bonds. The molecule has 0 spiro atoms. The molecule has 3 aromatic carbocycles. The van der Waals surface area contributed by atoms with Crippen LogP contribution in [0, 0.1) is 0 Å². The first-order valence-electron chi connectivity index (χ1n) is 12.6. The van der Waals surface area contributed by atoms with Gasteiger partial charge >= 0.3 is 11.9 Å². The van der Waals surface area contributed by atoms with Gasteiger partial charge in [0, 0.05) is 12.4 Å². The Morgan fingerprint density at radius 3 is 1.95 bits per heavy atom. The zero-order valence-corrected chi connectivity index (χ0v) is 22.6. The van der Waals surface area contributed by atoms with Crippen molar-refractivity contribution in [1.29, 1.82) is 0 Å². The summed E-state index contributed by atoms with van der Waals surface area (Å²) < 4.78 is 11.0. The molecule has 3 aromatic rings. The van der Waals surface area contributed by atoms with Crippen molar-refractivity contribution in [2.75, 3.05) is 19.5 Å². The van der Waals surface area contributed by atoms with Crippen LogP contribution in [0.25, 0.3) is 11.1 Å². The van der Waals surface area contributed by atoms with Crippen LogP contribution in [0.3, 0.4) is 0 Å². The summed E-state index contributed by atoms with van der Waals surface area (Å²) in [7, 11) is 1.34. The summed E-state index contributed by atoms with van der Waals surface area (Å²) in [6, 6.07) is 25.8. The maximum absolute atomic E-state index is 13.9. The van der Waals surface area contributed by atoms with Gasteiger partial charge in [0.25, 0.3) is 0 Å². The number of ether oxygens (including phenoxy) is 2. The summed E-state index contributed by atoms with van der Waals surface area (Å²) >= 11 is 6.23. The number of rotatable bonds is 9. The predicted molar refractivity (Wildman–Crippen MR) is 147 cm³/mol. The monoisotopic (exact) mass is 519 g/mol. The second-order valence-electron chi connectivity index (χ2n) is 10.2. The normalized spacial score (nSPS) is 14.5. The van der Waals surface area contributed by atoms with Crippen LogP contribution < -0.4 is 0 Å². The van der Waals surface area contributed by atoms with Crippen LogP contribution in [-0.2, 0) is 24.6 Å². The van der Waals surface area contributed by atoms with E-state index in [1.807, 2.05) is 63.2 Å². The van der Waals surface area contributed by atoms with Gasteiger partial charge in [-0.3, -0.25) is 14.5 Å². The molecule has 0 saturated carbocycles. The molecule has 4 rings (SSSR count). The van der Waals surface area contributed by atoms with E-state index in [9.17, 15) is 9.59 Å². The van der Waals surface area contributed by atoms with E-state index in [0.29, 0.717) is 18.8 Å². The van der Waals surface area contributed by atoms with Gasteiger partial charge in [0.2, 0.25) is 0 Å². The number of esters is 2. The molecule has 0 radical (unpaired) electrons. The Hall–Kier alpha value is -3.15. The van der Waals surface area contributed by atoms with Crippen molar-refractivity contribution < 1.29 is 19.1 Å². The molecule has 0 aromatic heterocycles. The first kappa shape index (κ1) is 26.9. The topological polar surface area (TPSA) is 55.8 Å². The lowest BCUT2D eigenvalue weighted by Crippen LogP contribution is -2.56. The SMILES string of the molecule is COC(=O)C[C@@H](C(=O)OC(C)(C)C)N(CCCCl)C1(c2ccccc2)c2ccccc2-c2ccccc21. The highest BCUT2D eigenvalue weighted by Crippen LogP contribution is 2.55. The average Bonchev–Trinajstić information content (AvgIpc) is 3.19. The molecule has 1 atom stereocenters. The zero-order chi connectivity index (χ0) is 26.6. The maximum Gasteiger partial charge on any atom is 0.324 e. The van der Waals surface area contributed by atoms with Gasteiger partial charge in [-0.1, -0.05) is 78.9 Å². The van der Waals surface area contributed by atoms with Crippen LogP contribution in [0.4, 0.5) is 0 Å². The quantitative estimate of drug-likeness (QED) is 0.250. The Balaban J connectivity index is 2.05. The van der Waals surface area contributed by atoms with Crippen molar-refractivity contribution in [1.82, 2.24) is 4.90 Å². The molecule has 6 heteroatoms. The highest BCUT2D eigenvalue weighted by atomic mass is 35.5. The molecular formula is C31H34ClNO4. The van der Waals surface area contributed by atoms with Crippen LogP contribution in [0.15, 0.2) is 78.9 Å². The number of alkyl halides is 1. The Labute approximate surface area is 224 Å². The van der Waals surface area contributed by atoms with Gasteiger partial charge in [-0.25, -0.2) is 0 Å². The minimum absolute atomic E-state index is 0.146. The van der Waals surface area contributed by atoms with E-state index in [2.05, 4.69) is 41.3 Å². The smallest absolute Gasteiger partial charge is 0.324 e. The lowest BCUT2D eigenvalue weighted by molar-refractivity contribution is -0.167. The number of halogens is 1. The zero-order valence-electron chi connectivity index (χ0n) is 21.9. The molecule has 0 fully saturated rings. The maximum atomic E-state index is 13.9. The van der Waals surface area contributed by atoms with Crippen LogP contribution in [-0.4, -0.2) is 48.0 Å². The fourth-order valence-electron chi connectivity index (χ4n) is 5.40. The molecule has 0 aliphatic heterocycles. The molecule has 194 valence electrons. The number of hydrogen-bond donors (Lipinski definition) is 0. The van der Waals surface area contributed by atoms with Crippen molar-refractivity contribution in [2.45, 2.75) is 50.8 Å². The van der Waals surface area contributed by atoms with Crippen molar-refractivity contribution in [2.24, 2.45) is 0 Å². The number of benzene rings is 3. The highest BCUT2D eigenvalue weighted by molar-refractivity contribution is 6.17. The summed E-state index contributed by atoms with van der Waals surface area (Å²) in [5.41, 5.74) is 3.72. The standard InChI is InChI=1S/C31H34ClNO4/c1-30(2,3)37-29(35)27(21-28(34)36-4)33(20-12-19-32)31(22-13-6-5-7-14-22)25-17-10-8-15-23(25)24-16-9-11-18-26(24)31/h5-11,13-18,27H,12,19-21H2,1-4H3/t27-/m0/s1. The van der Waals surface area contributed by atoms with E-state index in [0.717, 1.165) is 27.8 Å². The van der Waals surface area contributed by atoms with Gasteiger partial charge in [0.1, 0.15) is 11.6 Å². The summed E-state index contributed by atoms with van der Waals surface area (Å²) in [4.78, 5) is 28.7. The van der Waals surface area contributed by atoms with Crippen molar-refractivity contribution in [3.8, 4) is 11.1 Å². The van der Waals surface area contributed by atoms with Crippen LogP contribution >= 0.6 is 11.6 Å². The van der Waals surface area contributed by atoms with E-state index in [4.69, 9.17) is 21.1 Å². The predicted octanol–water partition coefficient (Wildman–Crippen LogP) is 6.16. The van der Waals surface area contributed by atoms with Crippen LogP contribution in [0.1, 0.15) is 50.3 Å². The molecule has 0 N–H and O–H groups in total. The molecular weight excluding hydrogens is 486 g/mol. The van der Waals surface area contributed by atoms with Gasteiger partial charge in [-0.15, -0.1) is 11.6 Å². The number of hydrogen-bond acceptors (Lipinski definition) is 5. The molecule has 1 aliphatic carbocycles. The van der Waals surface area contributed by atoms with Crippen LogP contribution in [0.2, 0.25) is 0 Å². The molecule has 0 saturated heterocycles. The van der Waals surface area contributed by atoms with E-state index in [1.54, 1.807) is 0 Å². The summed E-state index contributed by atoms with van der Waals surface area (Å²) in [5.74, 6) is -0.539. The minimum atomic E-state index is -0.908. The molecule has 37 heavy (non-hydrogen) atoms. The first-order chi connectivity index (χ1) is 17.7. The number of methoxy groups -OCH3 is 1. The van der Waals surface area contributed by atoms with E-state index < -0.39 is 29.1 Å². The van der Waals surface area contributed by atoms with Gasteiger partial charge in [0.15, 0.2) is 0 Å². The molecule has 0 unspecified atom stereocenters. The summed E-state index contributed by atoms with van der Waals surface area (Å²) in [6.07, 6.45) is 0.466. The molecule has 0 bridgehead atoms. The summed E-state index contributed by atoms with van der Waals surface area (Å²) in [5, 5.41) is 0. The number of fused-ring (bicyclic) bond motifs is 3. The number of carbonyl (C=O) groups is 2. The van der Waals surface area contributed by atoms with Gasteiger partial charge in [0.05, 0.1) is 19.1 Å². The van der Waals surface area contributed by atoms with E-state index in [-0.39, 0.29) is 6.42 Å². The van der Waals surface area contributed by atoms with E-state index >= 15 is 0 Å². The van der Waals surface area contributed by atoms with Crippen molar-refractivity contribution in [3.05, 3.63) is 95.6 Å². The van der Waals surface area contributed by atoms with Gasteiger partial charge < -0.3 is 9.47 Å². The Kier molecular flexibility index (Phi) is 8.05. The third-order valence-corrected chi connectivity index (χ3v) is 6.99. The second-order valence-corrected chi connectivity index (χ2v) is 10.6. The number of nitrogens with zero attached hydrogens (tertiary/aromatic N) is 1. The lowest BCUT2D eigenvalue weighted by Gasteiger charge is -2.47. The third-order valence-electron chi connectivity index (χ3n) is 6.72. The molecule has 1 aliphatic rings. The Morgan fingerprint density at radius 1 is 0.892 bits per heavy atom. The van der Waals surface area contributed by atoms with Crippen molar-refractivity contribution >= 4 is 23.5 Å². The Morgan fingerprint density at radius 2 is 1.43 bits per heavy atom. The first-order valence-corrected chi connectivity index (χ1v) is 13.1. The molecule has 0 heterocycles. The fourth-order valence-corrected chi connectivity index (χ4v) is 5.52. The van der Waals surface area contributed by atoms with Crippen molar-refractivity contribution in [3.63, 3.8) is 0 Å². The van der Waals surface area contributed by atoms with Crippen LogP contribution in [0.5, 0.6) is 0 Å². The average molecular weight is 520 g/mol. The number of carbonyl (C=O) groups excluding carboxylic acids is 2. The van der Waals surface area contributed by atoms with E-state index in [1.165, 1.54) is 7.11 Å². The fraction of sp³-hybridized carbons (Fsp3) is 0.355. The molecule has 5 nitrogen and oxygen atoms in total. The van der Waals surface area contributed by atoms with Gasteiger partial charge in [-0.2, -0.15) is 0 Å². The lowest BCUT2D eigenvalue weighted by atomic mass is 9.77. The largest absolute Gasteiger partial charge is 0.469 e. The minimum Gasteiger partial charge on any atom is -0.469 e. The highest BCUT2D eigenvalue weighted by Gasteiger charge is 2.52. The summed E-state index contributed by atoms with van der Waals surface area (Å²) in [6.45, 7) is 5.95. The van der Waals surface area contributed by atoms with Gasteiger partial charge in [-0.05, 0) is 55.0 Å². The second kappa shape index (κ2) is 11.1. The third kappa shape index (κ3) is 5.16. The Bertz CT molecular complexity index is 1210.